The van der Waals surface area contributed by atoms with E-state index in [1.165, 1.54) is 11.3 Å². The second-order valence-electron chi connectivity index (χ2n) is 4.60. The summed E-state index contributed by atoms with van der Waals surface area (Å²) < 4.78 is 6.26. The van der Waals surface area contributed by atoms with Gasteiger partial charge in [-0.15, -0.1) is 11.3 Å². The zero-order chi connectivity index (χ0) is 13.0. The van der Waals surface area contributed by atoms with Gasteiger partial charge in [0.05, 0.1) is 16.5 Å². The molecule has 0 aromatic carbocycles. The smallest absolute Gasteiger partial charge is 0.220 e. The first kappa shape index (κ1) is 13.8. The van der Waals surface area contributed by atoms with E-state index in [0.717, 1.165) is 35.1 Å². The Labute approximate surface area is 116 Å². The van der Waals surface area contributed by atoms with Crippen molar-refractivity contribution in [1.29, 1.82) is 0 Å². The van der Waals surface area contributed by atoms with Crippen LogP contribution < -0.4 is 5.32 Å². The summed E-state index contributed by atoms with van der Waals surface area (Å²) in [4.78, 5) is 12.9. The number of ether oxygens (including phenoxy) is 1. The molecule has 0 saturated carbocycles. The normalized spacial score (nSPS) is 20.9. The molecule has 1 aliphatic rings. The molecule has 2 unspecified atom stereocenters. The molecule has 1 aliphatic heterocycles. The third kappa shape index (κ3) is 3.97. The molecule has 1 fully saturated rings. The van der Waals surface area contributed by atoms with E-state index in [4.69, 9.17) is 16.3 Å². The first-order valence-electron chi connectivity index (χ1n) is 6.31. The van der Waals surface area contributed by atoms with Crippen molar-refractivity contribution in [2.45, 2.75) is 44.8 Å². The maximum absolute atomic E-state index is 11.8. The standard InChI is InChI=1S/C13H18ClNO2S/c1-9(11-5-6-12(14)18-11)15-13(16)7-4-10-3-2-8-17-10/h5-6,9-10H,2-4,7-8H2,1H3,(H,15,16). The summed E-state index contributed by atoms with van der Waals surface area (Å²) in [7, 11) is 0. The minimum Gasteiger partial charge on any atom is -0.378 e. The highest BCUT2D eigenvalue weighted by Gasteiger charge is 2.18. The summed E-state index contributed by atoms with van der Waals surface area (Å²) in [5, 5.41) is 2.99. The lowest BCUT2D eigenvalue weighted by molar-refractivity contribution is -0.122. The molecule has 5 heteroatoms. The Balaban J connectivity index is 1.73. The lowest BCUT2D eigenvalue weighted by Crippen LogP contribution is -2.26. The molecule has 0 aliphatic carbocycles. The van der Waals surface area contributed by atoms with Gasteiger partial charge in [0.1, 0.15) is 0 Å². The molecule has 18 heavy (non-hydrogen) atoms. The van der Waals surface area contributed by atoms with Crippen LogP contribution >= 0.6 is 22.9 Å². The first-order valence-corrected chi connectivity index (χ1v) is 7.51. The van der Waals surface area contributed by atoms with Crippen molar-refractivity contribution in [2.75, 3.05) is 6.61 Å². The van der Waals surface area contributed by atoms with E-state index in [0.29, 0.717) is 6.42 Å². The fourth-order valence-corrected chi connectivity index (χ4v) is 3.17. The van der Waals surface area contributed by atoms with Crippen LogP contribution in [0.3, 0.4) is 0 Å². The van der Waals surface area contributed by atoms with Gasteiger partial charge in [0.25, 0.3) is 0 Å². The van der Waals surface area contributed by atoms with Gasteiger partial charge in [-0.2, -0.15) is 0 Å². The molecule has 1 aromatic rings. The highest BCUT2D eigenvalue weighted by atomic mass is 35.5. The fraction of sp³-hybridized carbons (Fsp3) is 0.615. The number of rotatable bonds is 5. The second kappa shape index (κ2) is 6.55. The Kier molecular flexibility index (Phi) is 5.03. The van der Waals surface area contributed by atoms with Gasteiger partial charge in [-0.05, 0) is 38.3 Å². The molecule has 2 atom stereocenters. The molecule has 3 nitrogen and oxygen atoms in total. The number of hydrogen-bond donors (Lipinski definition) is 1. The van der Waals surface area contributed by atoms with Crippen LogP contribution in [0.1, 0.15) is 43.5 Å². The van der Waals surface area contributed by atoms with Crippen molar-refractivity contribution < 1.29 is 9.53 Å². The molecule has 0 radical (unpaired) electrons. The zero-order valence-electron chi connectivity index (χ0n) is 10.4. The molecule has 2 rings (SSSR count). The maximum atomic E-state index is 11.8. The quantitative estimate of drug-likeness (QED) is 0.899. The largest absolute Gasteiger partial charge is 0.378 e. The number of nitrogens with one attached hydrogen (secondary N) is 1. The zero-order valence-corrected chi connectivity index (χ0v) is 12.0. The highest BCUT2D eigenvalue weighted by molar-refractivity contribution is 7.16. The fourth-order valence-electron chi connectivity index (χ4n) is 2.11. The Morgan fingerprint density at radius 1 is 1.67 bits per heavy atom. The molecule has 1 saturated heterocycles. The van der Waals surface area contributed by atoms with E-state index < -0.39 is 0 Å². The minimum atomic E-state index is 0.0273. The molecule has 2 heterocycles. The molecule has 1 aromatic heterocycles. The maximum Gasteiger partial charge on any atom is 0.220 e. The van der Waals surface area contributed by atoms with Gasteiger partial charge >= 0.3 is 0 Å². The van der Waals surface area contributed by atoms with Crippen LogP contribution in [0.25, 0.3) is 0 Å². The number of amides is 1. The van der Waals surface area contributed by atoms with Gasteiger partial charge in [-0.3, -0.25) is 4.79 Å². The van der Waals surface area contributed by atoms with Crippen molar-refractivity contribution in [1.82, 2.24) is 5.32 Å². The Bertz CT molecular complexity index is 401. The molecular weight excluding hydrogens is 270 g/mol. The average Bonchev–Trinajstić information content (AvgIpc) is 2.97. The SMILES string of the molecule is CC(NC(=O)CCC1CCCO1)c1ccc(Cl)s1. The summed E-state index contributed by atoms with van der Waals surface area (Å²) >= 11 is 7.38. The molecule has 1 amide bonds. The van der Waals surface area contributed by atoms with Crippen LogP contribution in [0, 0.1) is 0 Å². The van der Waals surface area contributed by atoms with Gasteiger partial charge in [0, 0.05) is 17.9 Å². The van der Waals surface area contributed by atoms with E-state index in [-0.39, 0.29) is 18.1 Å². The van der Waals surface area contributed by atoms with E-state index in [1.54, 1.807) is 0 Å². The highest BCUT2D eigenvalue weighted by Crippen LogP contribution is 2.26. The number of carbonyl (C=O) groups is 1. The van der Waals surface area contributed by atoms with Crippen molar-refractivity contribution >= 4 is 28.8 Å². The van der Waals surface area contributed by atoms with Crippen molar-refractivity contribution in [2.24, 2.45) is 0 Å². The van der Waals surface area contributed by atoms with E-state index in [9.17, 15) is 4.79 Å². The molecule has 0 bridgehead atoms. The van der Waals surface area contributed by atoms with Gasteiger partial charge < -0.3 is 10.1 Å². The van der Waals surface area contributed by atoms with E-state index in [1.807, 2.05) is 19.1 Å². The van der Waals surface area contributed by atoms with Crippen LogP contribution in [-0.4, -0.2) is 18.6 Å². The Morgan fingerprint density at radius 2 is 2.50 bits per heavy atom. The Hall–Kier alpha value is -0.580. The topological polar surface area (TPSA) is 38.3 Å². The van der Waals surface area contributed by atoms with Crippen LogP contribution in [0.2, 0.25) is 4.34 Å². The van der Waals surface area contributed by atoms with Crippen LogP contribution in [0.15, 0.2) is 12.1 Å². The molecule has 0 spiro atoms. The monoisotopic (exact) mass is 287 g/mol. The predicted molar refractivity (Wildman–Crippen MR) is 74.1 cm³/mol. The van der Waals surface area contributed by atoms with Crippen LogP contribution in [-0.2, 0) is 9.53 Å². The Morgan fingerprint density at radius 3 is 3.11 bits per heavy atom. The number of carbonyl (C=O) groups excluding carboxylic acids is 1. The number of thiophene rings is 1. The summed E-state index contributed by atoms with van der Waals surface area (Å²) in [6.45, 7) is 2.82. The van der Waals surface area contributed by atoms with Crippen molar-refractivity contribution in [3.8, 4) is 0 Å². The molecular formula is C13H18ClNO2S. The van der Waals surface area contributed by atoms with Gasteiger partial charge in [0.15, 0.2) is 0 Å². The van der Waals surface area contributed by atoms with Gasteiger partial charge in [0.2, 0.25) is 5.91 Å². The number of hydrogen-bond acceptors (Lipinski definition) is 3. The van der Waals surface area contributed by atoms with Crippen LogP contribution in [0.4, 0.5) is 0 Å². The third-order valence-corrected chi connectivity index (χ3v) is 4.53. The third-order valence-electron chi connectivity index (χ3n) is 3.12. The van der Waals surface area contributed by atoms with Gasteiger partial charge in [-0.1, -0.05) is 11.6 Å². The summed E-state index contributed by atoms with van der Waals surface area (Å²) in [6.07, 6.45) is 3.85. The van der Waals surface area contributed by atoms with Crippen molar-refractivity contribution in [3.63, 3.8) is 0 Å². The lowest BCUT2D eigenvalue weighted by atomic mass is 10.1. The van der Waals surface area contributed by atoms with E-state index >= 15 is 0 Å². The van der Waals surface area contributed by atoms with Crippen molar-refractivity contribution in [3.05, 3.63) is 21.3 Å². The first-order chi connectivity index (χ1) is 8.65. The summed E-state index contributed by atoms with van der Waals surface area (Å²) in [5.74, 6) is 0.0857. The minimum absolute atomic E-state index is 0.0273. The molecule has 1 N–H and O–H groups in total. The predicted octanol–water partition coefficient (Wildman–Crippen LogP) is 3.54. The van der Waals surface area contributed by atoms with E-state index in [2.05, 4.69) is 5.32 Å². The second-order valence-corrected chi connectivity index (χ2v) is 6.35. The summed E-state index contributed by atoms with van der Waals surface area (Å²) in [6, 6.07) is 3.84. The van der Waals surface area contributed by atoms with Gasteiger partial charge in [-0.25, -0.2) is 0 Å². The van der Waals surface area contributed by atoms with Crippen LogP contribution in [0.5, 0.6) is 0 Å². The lowest BCUT2D eigenvalue weighted by Gasteiger charge is -2.13. The molecule has 100 valence electrons. The number of halogens is 1. The summed E-state index contributed by atoms with van der Waals surface area (Å²) in [5.41, 5.74) is 0. The average molecular weight is 288 g/mol.